The molecule has 0 amide bonds. The van der Waals surface area contributed by atoms with E-state index in [9.17, 15) is 0 Å². The zero-order valence-corrected chi connectivity index (χ0v) is 9.44. The van der Waals surface area contributed by atoms with Crippen molar-refractivity contribution in [2.45, 2.75) is 26.0 Å². The zero-order chi connectivity index (χ0) is 10.7. The van der Waals surface area contributed by atoms with Gasteiger partial charge in [-0.2, -0.15) is 0 Å². The molecule has 0 saturated heterocycles. The molecule has 1 N–H and O–H groups in total. The van der Waals surface area contributed by atoms with Gasteiger partial charge in [-0.05, 0) is 18.4 Å². The topological polar surface area (TPSA) is 38.0 Å². The summed E-state index contributed by atoms with van der Waals surface area (Å²) in [6, 6.07) is 4.54. The molecule has 1 unspecified atom stereocenters. The van der Waals surface area contributed by atoms with Gasteiger partial charge in [0.05, 0.1) is 24.8 Å². The maximum atomic E-state index is 9.12. The van der Waals surface area contributed by atoms with Gasteiger partial charge in [0.2, 0.25) is 0 Å². The molecule has 0 aliphatic carbocycles. The van der Waals surface area contributed by atoms with Crippen LogP contribution in [0.1, 0.15) is 23.5 Å². The highest BCUT2D eigenvalue weighted by atomic mass is 32.1. The number of aromatic nitrogens is 2. The van der Waals surface area contributed by atoms with E-state index < -0.39 is 0 Å². The van der Waals surface area contributed by atoms with E-state index in [-0.39, 0.29) is 6.61 Å². The summed E-state index contributed by atoms with van der Waals surface area (Å²) in [5.74, 6) is 0. The smallest absolute Gasteiger partial charge is 0.0951 e. The normalized spacial score (nSPS) is 12.9. The number of hydrogen-bond acceptors (Lipinski definition) is 3. The van der Waals surface area contributed by atoms with E-state index in [0.29, 0.717) is 6.04 Å². The molecule has 2 heterocycles. The van der Waals surface area contributed by atoms with E-state index in [1.165, 1.54) is 4.88 Å². The number of aliphatic hydroxyl groups excluding tert-OH is 1. The van der Waals surface area contributed by atoms with Crippen molar-refractivity contribution in [3.05, 3.63) is 40.6 Å². The molecule has 0 aliphatic rings. The minimum atomic E-state index is 0.0504. The summed E-state index contributed by atoms with van der Waals surface area (Å²) in [6.45, 7) is 2.19. The third kappa shape index (κ3) is 2.27. The Balaban J connectivity index is 2.11. The van der Waals surface area contributed by atoms with E-state index in [1.54, 1.807) is 23.9 Å². The largest absolute Gasteiger partial charge is 0.390 e. The molecule has 0 aromatic carbocycles. The first-order valence-electron chi connectivity index (χ1n) is 4.95. The van der Waals surface area contributed by atoms with Crippen LogP contribution < -0.4 is 0 Å². The van der Waals surface area contributed by atoms with E-state index in [4.69, 9.17) is 5.11 Å². The number of imidazole rings is 1. The van der Waals surface area contributed by atoms with Gasteiger partial charge in [-0.1, -0.05) is 6.07 Å². The van der Waals surface area contributed by atoms with Crippen LogP contribution in [0.4, 0.5) is 0 Å². The van der Waals surface area contributed by atoms with Crippen molar-refractivity contribution in [2.75, 3.05) is 0 Å². The lowest BCUT2D eigenvalue weighted by atomic mass is 10.2. The van der Waals surface area contributed by atoms with Gasteiger partial charge in [-0.25, -0.2) is 4.98 Å². The summed E-state index contributed by atoms with van der Waals surface area (Å²) in [5, 5.41) is 11.2. The van der Waals surface area contributed by atoms with Crippen LogP contribution in [0.15, 0.2) is 30.0 Å². The number of rotatable bonds is 4. The SMILES string of the molecule is CC(Cc1cccs1)n1cncc1CO. The van der Waals surface area contributed by atoms with E-state index in [1.807, 2.05) is 4.57 Å². The van der Waals surface area contributed by atoms with Crippen molar-refractivity contribution >= 4 is 11.3 Å². The molecule has 2 aromatic heterocycles. The summed E-state index contributed by atoms with van der Waals surface area (Å²) in [5.41, 5.74) is 0.874. The van der Waals surface area contributed by atoms with Crippen molar-refractivity contribution in [3.63, 3.8) is 0 Å². The molecule has 0 fully saturated rings. The monoisotopic (exact) mass is 222 g/mol. The first-order chi connectivity index (χ1) is 7.31. The summed E-state index contributed by atoms with van der Waals surface area (Å²) < 4.78 is 2.03. The molecule has 0 saturated carbocycles. The van der Waals surface area contributed by atoms with Crippen LogP contribution in [0.25, 0.3) is 0 Å². The van der Waals surface area contributed by atoms with Crippen molar-refractivity contribution < 1.29 is 5.11 Å². The fourth-order valence-corrected chi connectivity index (χ4v) is 2.50. The number of nitrogens with zero attached hydrogens (tertiary/aromatic N) is 2. The minimum absolute atomic E-state index is 0.0504. The lowest BCUT2D eigenvalue weighted by Crippen LogP contribution is -2.09. The third-order valence-corrected chi connectivity index (χ3v) is 3.36. The van der Waals surface area contributed by atoms with Crippen molar-refractivity contribution in [3.8, 4) is 0 Å². The summed E-state index contributed by atoms with van der Waals surface area (Å²) in [4.78, 5) is 5.41. The Morgan fingerprint density at radius 2 is 2.47 bits per heavy atom. The molecular formula is C11H14N2OS. The molecular weight excluding hydrogens is 208 g/mol. The molecule has 0 radical (unpaired) electrons. The standard InChI is InChI=1S/C11H14N2OS/c1-9(5-11-3-2-4-15-11)13-8-12-6-10(13)7-14/h2-4,6,8-9,14H,5,7H2,1H3. The fourth-order valence-electron chi connectivity index (χ4n) is 1.67. The predicted octanol–water partition coefficient (Wildman–Crippen LogP) is 2.24. The summed E-state index contributed by atoms with van der Waals surface area (Å²) in [7, 11) is 0. The molecule has 3 nitrogen and oxygen atoms in total. The Bertz CT molecular complexity index is 408. The van der Waals surface area contributed by atoms with Crippen molar-refractivity contribution in [1.29, 1.82) is 0 Å². The molecule has 0 bridgehead atoms. The number of aliphatic hydroxyl groups is 1. The Morgan fingerprint density at radius 1 is 1.60 bits per heavy atom. The van der Waals surface area contributed by atoms with Gasteiger partial charge in [0.1, 0.15) is 0 Å². The lowest BCUT2D eigenvalue weighted by molar-refractivity contribution is 0.267. The zero-order valence-electron chi connectivity index (χ0n) is 8.63. The average molecular weight is 222 g/mol. The summed E-state index contributed by atoms with van der Waals surface area (Å²) >= 11 is 1.77. The van der Waals surface area contributed by atoms with Gasteiger partial charge < -0.3 is 9.67 Å². The van der Waals surface area contributed by atoms with E-state index in [2.05, 4.69) is 29.4 Å². The quantitative estimate of drug-likeness (QED) is 0.861. The van der Waals surface area contributed by atoms with Crippen molar-refractivity contribution in [2.24, 2.45) is 0 Å². The first kappa shape index (κ1) is 10.4. The molecule has 1 atom stereocenters. The Labute approximate surface area is 93.0 Å². The molecule has 0 spiro atoms. The highest BCUT2D eigenvalue weighted by molar-refractivity contribution is 7.09. The van der Waals surface area contributed by atoms with Gasteiger partial charge in [0.25, 0.3) is 0 Å². The lowest BCUT2D eigenvalue weighted by Gasteiger charge is -2.14. The highest BCUT2D eigenvalue weighted by Gasteiger charge is 2.09. The van der Waals surface area contributed by atoms with Crippen LogP contribution in [0.3, 0.4) is 0 Å². The second-order valence-corrected chi connectivity index (χ2v) is 4.62. The molecule has 80 valence electrons. The van der Waals surface area contributed by atoms with Crippen molar-refractivity contribution in [1.82, 2.24) is 9.55 Å². The Kier molecular flexibility index (Phi) is 3.18. The van der Waals surface area contributed by atoms with Gasteiger partial charge in [0, 0.05) is 17.3 Å². The van der Waals surface area contributed by atoms with Gasteiger partial charge in [0.15, 0.2) is 0 Å². The minimum Gasteiger partial charge on any atom is -0.390 e. The summed E-state index contributed by atoms with van der Waals surface area (Å²) in [6.07, 6.45) is 4.48. The number of thiophene rings is 1. The van der Waals surface area contributed by atoms with Crippen LogP contribution in [0, 0.1) is 0 Å². The Morgan fingerprint density at radius 3 is 3.13 bits per heavy atom. The van der Waals surface area contributed by atoms with Crippen LogP contribution >= 0.6 is 11.3 Å². The van der Waals surface area contributed by atoms with Crippen LogP contribution in [0.5, 0.6) is 0 Å². The predicted molar refractivity (Wildman–Crippen MR) is 60.9 cm³/mol. The van der Waals surface area contributed by atoms with Gasteiger partial charge in [-0.15, -0.1) is 11.3 Å². The molecule has 15 heavy (non-hydrogen) atoms. The van der Waals surface area contributed by atoms with E-state index >= 15 is 0 Å². The second kappa shape index (κ2) is 4.59. The average Bonchev–Trinajstić information content (AvgIpc) is 2.86. The molecule has 0 aliphatic heterocycles. The first-order valence-corrected chi connectivity index (χ1v) is 5.83. The molecule has 2 aromatic rings. The number of hydrogen-bond donors (Lipinski definition) is 1. The van der Waals surface area contributed by atoms with Crippen LogP contribution in [-0.4, -0.2) is 14.7 Å². The third-order valence-electron chi connectivity index (χ3n) is 2.46. The second-order valence-electron chi connectivity index (χ2n) is 3.58. The molecule has 4 heteroatoms. The van der Waals surface area contributed by atoms with Crippen LogP contribution in [0.2, 0.25) is 0 Å². The highest BCUT2D eigenvalue weighted by Crippen LogP contribution is 2.19. The Hall–Kier alpha value is -1.13. The van der Waals surface area contributed by atoms with Crippen LogP contribution in [-0.2, 0) is 13.0 Å². The fraction of sp³-hybridized carbons (Fsp3) is 0.364. The maximum Gasteiger partial charge on any atom is 0.0951 e. The van der Waals surface area contributed by atoms with Gasteiger partial charge in [-0.3, -0.25) is 0 Å². The van der Waals surface area contributed by atoms with Gasteiger partial charge >= 0.3 is 0 Å². The maximum absolute atomic E-state index is 9.12. The molecule has 2 rings (SSSR count). The van der Waals surface area contributed by atoms with E-state index in [0.717, 1.165) is 12.1 Å².